The Morgan fingerprint density at radius 3 is 2.57 bits per heavy atom. The number of nitrogens with zero attached hydrogens (tertiary/aromatic N) is 3. The Bertz CT molecular complexity index is 956. The number of methoxy groups -OCH3 is 2. The third kappa shape index (κ3) is 4.28. The Morgan fingerprint density at radius 1 is 1.11 bits per heavy atom. The van der Waals surface area contributed by atoms with Crippen molar-refractivity contribution in [3.05, 3.63) is 58.9 Å². The molecule has 1 amide bonds. The van der Waals surface area contributed by atoms with E-state index in [1.165, 1.54) is 0 Å². The lowest BCUT2D eigenvalue weighted by Crippen LogP contribution is -2.24. The van der Waals surface area contributed by atoms with Crippen LogP contribution in [0.25, 0.3) is 0 Å². The summed E-state index contributed by atoms with van der Waals surface area (Å²) < 4.78 is 10.7. The van der Waals surface area contributed by atoms with Crippen LogP contribution in [-0.4, -0.2) is 40.8 Å². The number of H-pyrrole nitrogens is 1. The molecule has 146 valence electrons. The van der Waals surface area contributed by atoms with E-state index in [-0.39, 0.29) is 5.91 Å². The summed E-state index contributed by atoms with van der Waals surface area (Å²) in [6.45, 7) is 4.03. The molecule has 0 saturated carbocycles. The Morgan fingerprint density at radius 2 is 1.93 bits per heavy atom. The second kappa shape index (κ2) is 8.51. The molecule has 0 aliphatic rings. The van der Waals surface area contributed by atoms with Crippen LogP contribution in [0.15, 0.2) is 36.4 Å². The molecule has 1 atom stereocenters. The van der Waals surface area contributed by atoms with Crippen LogP contribution in [0.1, 0.15) is 28.4 Å². The molecule has 3 aromatic rings. The topological polar surface area (TPSA) is 102 Å². The largest absolute Gasteiger partial charge is 0.497 e. The first-order chi connectivity index (χ1) is 13.5. The van der Waals surface area contributed by atoms with Crippen LogP contribution < -0.4 is 14.8 Å². The molecule has 0 bridgehead atoms. The van der Waals surface area contributed by atoms with Crippen molar-refractivity contribution in [2.24, 2.45) is 0 Å². The van der Waals surface area contributed by atoms with Gasteiger partial charge in [0, 0.05) is 11.8 Å². The number of carbonyl (C=O) groups is 1. The zero-order valence-corrected chi connectivity index (χ0v) is 16.3. The van der Waals surface area contributed by atoms with Gasteiger partial charge in [-0.05, 0) is 55.2 Å². The molecule has 28 heavy (non-hydrogen) atoms. The van der Waals surface area contributed by atoms with Gasteiger partial charge in [-0.2, -0.15) is 5.21 Å². The summed E-state index contributed by atoms with van der Waals surface area (Å²) in [5, 5.41) is 17.0. The fraction of sp³-hybridized carbons (Fsp3) is 0.300. The van der Waals surface area contributed by atoms with Crippen molar-refractivity contribution in [2.45, 2.75) is 26.2 Å². The summed E-state index contributed by atoms with van der Waals surface area (Å²) in [5.41, 5.74) is 3.83. The fourth-order valence-corrected chi connectivity index (χ4v) is 2.91. The smallest absolute Gasteiger partial charge is 0.235 e. The van der Waals surface area contributed by atoms with Crippen LogP contribution >= 0.6 is 0 Å². The number of aryl methyl sites for hydroxylation is 2. The van der Waals surface area contributed by atoms with Crippen LogP contribution in [0, 0.1) is 13.8 Å². The van der Waals surface area contributed by atoms with Crippen molar-refractivity contribution in [1.82, 2.24) is 20.6 Å². The fourth-order valence-electron chi connectivity index (χ4n) is 2.91. The standard InChI is InChI=1S/C20H23N5O3/c1-12-5-7-15(9-13(12)2)21-20(26)17(19-22-24-25-23-19)10-14-6-8-16(27-3)11-18(14)28-4/h5-9,11,17H,10H2,1-4H3,(H,21,26)(H,22,23,24,25). The summed E-state index contributed by atoms with van der Waals surface area (Å²) in [4.78, 5) is 13.0. The first-order valence-electron chi connectivity index (χ1n) is 8.84. The Kier molecular flexibility index (Phi) is 5.88. The van der Waals surface area contributed by atoms with Crippen LogP contribution in [0.5, 0.6) is 11.5 Å². The summed E-state index contributed by atoms with van der Waals surface area (Å²) in [6, 6.07) is 11.3. The first kappa shape index (κ1) is 19.3. The van der Waals surface area contributed by atoms with Crippen molar-refractivity contribution in [3.8, 4) is 11.5 Å². The minimum absolute atomic E-state index is 0.220. The average molecular weight is 381 g/mol. The molecule has 0 radical (unpaired) electrons. The third-order valence-corrected chi connectivity index (χ3v) is 4.68. The predicted octanol–water partition coefficient (Wildman–Crippen LogP) is 2.80. The molecule has 0 saturated heterocycles. The average Bonchev–Trinajstić information content (AvgIpc) is 3.23. The molecule has 2 N–H and O–H groups in total. The lowest BCUT2D eigenvalue weighted by atomic mass is 9.96. The van der Waals surface area contributed by atoms with Crippen molar-refractivity contribution >= 4 is 11.6 Å². The van der Waals surface area contributed by atoms with Crippen LogP contribution in [-0.2, 0) is 11.2 Å². The van der Waals surface area contributed by atoms with E-state index in [2.05, 4.69) is 25.9 Å². The number of benzene rings is 2. The molecule has 1 heterocycles. The molecule has 3 rings (SSSR count). The molecule has 0 aliphatic heterocycles. The lowest BCUT2D eigenvalue weighted by Gasteiger charge is -2.16. The van der Waals surface area contributed by atoms with Crippen LogP contribution in [0.3, 0.4) is 0 Å². The van der Waals surface area contributed by atoms with Gasteiger partial charge in [0.25, 0.3) is 0 Å². The monoisotopic (exact) mass is 381 g/mol. The number of hydrogen-bond acceptors (Lipinski definition) is 6. The van der Waals surface area contributed by atoms with Gasteiger partial charge in [0.05, 0.1) is 14.2 Å². The molecule has 8 nitrogen and oxygen atoms in total. The van der Waals surface area contributed by atoms with Gasteiger partial charge in [0.2, 0.25) is 5.91 Å². The van der Waals surface area contributed by atoms with Gasteiger partial charge < -0.3 is 14.8 Å². The first-order valence-corrected chi connectivity index (χ1v) is 8.84. The number of amides is 1. The molecular formula is C20H23N5O3. The third-order valence-electron chi connectivity index (χ3n) is 4.68. The summed E-state index contributed by atoms with van der Waals surface area (Å²) in [6.07, 6.45) is 0.351. The van der Waals surface area contributed by atoms with Gasteiger partial charge in [-0.15, -0.1) is 10.2 Å². The number of tetrazole rings is 1. The number of carbonyl (C=O) groups excluding carboxylic acids is 1. The quantitative estimate of drug-likeness (QED) is 0.652. The maximum atomic E-state index is 13.0. The number of nitrogens with one attached hydrogen (secondary N) is 2. The number of hydrogen-bond donors (Lipinski definition) is 2. The highest BCUT2D eigenvalue weighted by Gasteiger charge is 2.27. The summed E-state index contributed by atoms with van der Waals surface area (Å²) in [5.74, 6) is 0.771. The van der Waals surface area contributed by atoms with Crippen LogP contribution in [0.2, 0.25) is 0 Å². The number of aromatic amines is 1. The van der Waals surface area contributed by atoms with E-state index in [1.807, 2.05) is 44.2 Å². The van der Waals surface area contributed by atoms with Gasteiger partial charge in [0.15, 0.2) is 5.82 Å². The van der Waals surface area contributed by atoms with Gasteiger partial charge in [-0.1, -0.05) is 17.3 Å². The van der Waals surface area contributed by atoms with E-state index in [9.17, 15) is 4.79 Å². The molecule has 0 aliphatic carbocycles. The molecule has 0 spiro atoms. The molecular weight excluding hydrogens is 358 g/mol. The van der Waals surface area contributed by atoms with Crippen molar-refractivity contribution in [3.63, 3.8) is 0 Å². The molecule has 1 aromatic heterocycles. The Balaban J connectivity index is 1.87. The van der Waals surface area contributed by atoms with Crippen LogP contribution in [0.4, 0.5) is 5.69 Å². The zero-order chi connectivity index (χ0) is 20.1. The van der Waals surface area contributed by atoms with Gasteiger partial charge >= 0.3 is 0 Å². The van der Waals surface area contributed by atoms with E-state index in [0.29, 0.717) is 23.7 Å². The second-order valence-electron chi connectivity index (χ2n) is 6.49. The van der Waals surface area contributed by atoms with Crippen molar-refractivity contribution in [1.29, 1.82) is 0 Å². The Labute approximate surface area is 163 Å². The van der Waals surface area contributed by atoms with E-state index in [4.69, 9.17) is 9.47 Å². The summed E-state index contributed by atoms with van der Waals surface area (Å²) in [7, 11) is 3.17. The van der Waals surface area contributed by atoms with Gasteiger partial charge in [0.1, 0.15) is 17.4 Å². The zero-order valence-electron chi connectivity index (χ0n) is 16.3. The summed E-state index contributed by atoms with van der Waals surface area (Å²) >= 11 is 0. The van der Waals surface area contributed by atoms with Gasteiger partial charge in [-0.3, -0.25) is 4.79 Å². The van der Waals surface area contributed by atoms with Crippen molar-refractivity contribution < 1.29 is 14.3 Å². The number of anilines is 1. The van der Waals surface area contributed by atoms with E-state index < -0.39 is 5.92 Å². The minimum atomic E-state index is -0.636. The molecule has 0 fully saturated rings. The van der Waals surface area contributed by atoms with Gasteiger partial charge in [-0.25, -0.2) is 0 Å². The maximum absolute atomic E-state index is 13.0. The van der Waals surface area contributed by atoms with E-state index >= 15 is 0 Å². The predicted molar refractivity (Wildman–Crippen MR) is 105 cm³/mol. The van der Waals surface area contributed by atoms with E-state index in [0.717, 1.165) is 22.4 Å². The van der Waals surface area contributed by atoms with Crippen molar-refractivity contribution in [2.75, 3.05) is 19.5 Å². The molecule has 1 unspecified atom stereocenters. The number of rotatable bonds is 7. The highest BCUT2D eigenvalue weighted by Crippen LogP contribution is 2.29. The molecule has 2 aromatic carbocycles. The minimum Gasteiger partial charge on any atom is -0.497 e. The number of ether oxygens (including phenoxy) is 2. The SMILES string of the molecule is COc1ccc(CC(C(=O)Nc2ccc(C)c(C)c2)c2nn[nH]n2)c(OC)c1. The lowest BCUT2D eigenvalue weighted by molar-refractivity contribution is -0.117. The number of aromatic nitrogens is 4. The second-order valence-corrected chi connectivity index (χ2v) is 6.49. The van der Waals surface area contributed by atoms with E-state index in [1.54, 1.807) is 20.3 Å². The highest BCUT2D eigenvalue weighted by molar-refractivity contribution is 5.95. The Hall–Kier alpha value is -3.42. The maximum Gasteiger partial charge on any atom is 0.235 e. The molecule has 8 heteroatoms. The normalized spacial score (nSPS) is 11.7. The highest BCUT2D eigenvalue weighted by atomic mass is 16.5.